The molecule has 1 aromatic rings. The van der Waals surface area contributed by atoms with E-state index in [1.54, 1.807) is 6.07 Å². The lowest BCUT2D eigenvalue weighted by Gasteiger charge is -2.32. The van der Waals surface area contributed by atoms with Crippen LogP contribution in [0.1, 0.15) is 51.7 Å². The average molecular weight is 309 g/mol. The van der Waals surface area contributed by atoms with E-state index in [1.807, 2.05) is 33.8 Å². The molecule has 3 rings (SSSR count). The maximum Gasteiger partial charge on any atom is 0.495 e. The molecule has 0 unspecified atom stereocenters. The lowest BCUT2D eigenvalue weighted by atomic mass is 9.74. The van der Waals surface area contributed by atoms with Crippen molar-refractivity contribution in [2.75, 3.05) is 11.9 Å². The van der Waals surface area contributed by atoms with Crippen LogP contribution in [0.25, 0.3) is 0 Å². The number of halogens is 2. The first kappa shape index (κ1) is 15.7. The van der Waals surface area contributed by atoms with Gasteiger partial charge in [-0.25, -0.2) is 8.78 Å². The fraction of sp³-hybridized carbons (Fsp3) is 0.625. The largest absolute Gasteiger partial charge is 0.495 e. The summed E-state index contributed by atoms with van der Waals surface area (Å²) >= 11 is 0. The first-order valence-electron chi connectivity index (χ1n) is 7.76. The van der Waals surface area contributed by atoms with Crippen LogP contribution >= 0.6 is 0 Å². The van der Waals surface area contributed by atoms with Crippen molar-refractivity contribution >= 4 is 18.3 Å². The van der Waals surface area contributed by atoms with Gasteiger partial charge in [-0.3, -0.25) is 0 Å². The molecule has 0 bridgehead atoms. The summed E-state index contributed by atoms with van der Waals surface area (Å²) in [6.07, 6.45) is -0.662. The van der Waals surface area contributed by atoms with Crippen LogP contribution in [0.5, 0.6) is 0 Å². The van der Waals surface area contributed by atoms with Crippen molar-refractivity contribution in [2.24, 2.45) is 0 Å². The van der Waals surface area contributed by atoms with Crippen LogP contribution in [0.3, 0.4) is 0 Å². The number of benzene rings is 1. The zero-order valence-electron chi connectivity index (χ0n) is 13.5. The quantitative estimate of drug-likeness (QED) is 0.851. The molecule has 1 aromatic carbocycles. The standard InChI is InChI=1S/C16H22BF2NO2/c1-15(2)16(3,4)22-17(21-15)12-8-10-6-5-7-20-13(10)9-11(12)14(18)19/h8-9,14,20H,5-7H2,1-4H3. The monoisotopic (exact) mass is 309 g/mol. The van der Waals surface area contributed by atoms with Crippen LogP contribution < -0.4 is 10.8 Å². The molecule has 0 aliphatic carbocycles. The Morgan fingerprint density at radius 1 is 1.14 bits per heavy atom. The normalized spacial score (nSPS) is 22.6. The maximum atomic E-state index is 13.5. The van der Waals surface area contributed by atoms with Crippen molar-refractivity contribution in [3.05, 3.63) is 23.3 Å². The Morgan fingerprint density at radius 3 is 2.36 bits per heavy atom. The summed E-state index contributed by atoms with van der Waals surface area (Å²) in [5.74, 6) is 0. The third kappa shape index (κ3) is 2.52. The van der Waals surface area contributed by atoms with Gasteiger partial charge in [-0.1, -0.05) is 6.07 Å². The third-order valence-corrected chi connectivity index (χ3v) is 4.99. The number of hydrogen-bond donors (Lipinski definition) is 1. The zero-order chi connectivity index (χ0) is 16.1. The SMILES string of the molecule is CC1(C)OB(c2cc3c(cc2C(F)F)NCCC3)OC1(C)C. The molecule has 0 radical (unpaired) electrons. The average Bonchev–Trinajstić information content (AvgIpc) is 2.66. The van der Waals surface area contributed by atoms with Gasteiger partial charge in [0.05, 0.1) is 11.2 Å². The predicted octanol–water partition coefficient (Wildman–Crippen LogP) is 3.28. The first-order valence-corrected chi connectivity index (χ1v) is 7.76. The topological polar surface area (TPSA) is 30.5 Å². The highest BCUT2D eigenvalue weighted by Crippen LogP contribution is 2.38. The number of nitrogens with one attached hydrogen (secondary N) is 1. The molecule has 1 saturated heterocycles. The molecule has 2 aliphatic heterocycles. The molecular weight excluding hydrogens is 287 g/mol. The van der Waals surface area contributed by atoms with Gasteiger partial charge >= 0.3 is 7.12 Å². The van der Waals surface area contributed by atoms with Gasteiger partial charge in [0.2, 0.25) is 0 Å². The van der Waals surface area contributed by atoms with Crippen molar-refractivity contribution in [3.63, 3.8) is 0 Å². The molecule has 0 spiro atoms. The van der Waals surface area contributed by atoms with Crippen LogP contribution in [0.15, 0.2) is 12.1 Å². The van der Waals surface area contributed by atoms with Crippen molar-refractivity contribution < 1.29 is 18.1 Å². The fourth-order valence-electron chi connectivity index (χ4n) is 2.92. The van der Waals surface area contributed by atoms with Gasteiger partial charge in [0, 0.05) is 17.8 Å². The summed E-state index contributed by atoms with van der Waals surface area (Å²) in [6.45, 7) is 8.53. The van der Waals surface area contributed by atoms with Gasteiger partial charge in [0.1, 0.15) is 0 Å². The molecule has 0 aromatic heterocycles. The third-order valence-electron chi connectivity index (χ3n) is 4.99. The van der Waals surface area contributed by atoms with Crippen molar-refractivity contribution in [1.29, 1.82) is 0 Å². The molecule has 0 amide bonds. The van der Waals surface area contributed by atoms with Gasteiger partial charge < -0.3 is 14.6 Å². The van der Waals surface area contributed by atoms with Crippen LogP contribution in [0, 0.1) is 0 Å². The van der Waals surface area contributed by atoms with Crippen molar-refractivity contribution in [2.45, 2.75) is 58.2 Å². The van der Waals surface area contributed by atoms with Crippen LogP contribution in [-0.4, -0.2) is 24.9 Å². The maximum absolute atomic E-state index is 13.5. The first-order chi connectivity index (χ1) is 10.2. The minimum Gasteiger partial charge on any atom is -0.399 e. The number of fused-ring (bicyclic) bond motifs is 1. The van der Waals surface area contributed by atoms with Crippen molar-refractivity contribution in [1.82, 2.24) is 0 Å². The van der Waals surface area contributed by atoms with Gasteiger partial charge in [0.25, 0.3) is 6.43 Å². The minimum absolute atomic E-state index is 0.00773. The van der Waals surface area contributed by atoms with E-state index in [2.05, 4.69) is 5.32 Å². The number of rotatable bonds is 2. The van der Waals surface area contributed by atoms with Gasteiger partial charge in [-0.05, 0) is 57.6 Å². The predicted molar refractivity (Wildman–Crippen MR) is 83.9 cm³/mol. The summed E-state index contributed by atoms with van der Waals surface area (Å²) in [5, 5.41) is 3.19. The molecule has 2 heterocycles. The second kappa shape index (κ2) is 5.20. The van der Waals surface area contributed by atoms with E-state index in [-0.39, 0.29) is 5.56 Å². The molecular formula is C16H22BF2NO2. The Labute approximate surface area is 130 Å². The molecule has 2 aliphatic rings. The highest BCUT2D eigenvalue weighted by Gasteiger charge is 2.52. The van der Waals surface area contributed by atoms with Gasteiger partial charge in [0.15, 0.2) is 0 Å². The van der Waals surface area contributed by atoms with Gasteiger partial charge in [-0.15, -0.1) is 0 Å². The smallest absolute Gasteiger partial charge is 0.399 e. The Hall–Kier alpha value is -1.14. The van der Waals surface area contributed by atoms with E-state index in [1.165, 1.54) is 0 Å². The van der Waals surface area contributed by atoms with Crippen LogP contribution in [0.2, 0.25) is 0 Å². The minimum atomic E-state index is -2.55. The molecule has 0 atom stereocenters. The molecule has 0 saturated carbocycles. The highest BCUT2D eigenvalue weighted by molar-refractivity contribution is 6.62. The van der Waals surface area contributed by atoms with E-state index in [0.717, 1.165) is 30.6 Å². The van der Waals surface area contributed by atoms with Crippen LogP contribution in [0.4, 0.5) is 14.5 Å². The molecule has 22 heavy (non-hydrogen) atoms. The van der Waals surface area contributed by atoms with E-state index in [4.69, 9.17) is 9.31 Å². The Kier molecular flexibility index (Phi) is 3.72. The van der Waals surface area contributed by atoms with E-state index in [0.29, 0.717) is 5.46 Å². The molecule has 6 heteroatoms. The summed E-state index contributed by atoms with van der Waals surface area (Å²) in [4.78, 5) is 0. The van der Waals surface area contributed by atoms with Crippen molar-refractivity contribution in [3.8, 4) is 0 Å². The number of anilines is 1. The number of aryl methyl sites for hydroxylation is 1. The number of alkyl halides is 2. The summed E-state index contributed by atoms with van der Waals surface area (Å²) in [7, 11) is -0.749. The summed E-state index contributed by atoms with van der Waals surface area (Å²) in [6, 6.07) is 3.38. The number of hydrogen-bond acceptors (Lipinski definition) is 3. The molecule has 1 N–H and O–H groups in total. The Bertz CT molecular complexity index is 574. The lowest BCUT2D eigenvalue weighted by molar-refractivity contribution is 0.00578. The highest BCUT2D eigenvalue weighted by atomic mass is 19.3. The van der Waals surface area contributed by atoms with Crippen LogP contribution in [-0.2, 0) is 15.7 Å². The van der Waals surface area contributed by atoms with E-state index < -0.39 is 24.7 Å². The second-order valence-electron chi connectivity index (χ2n) is 7.06. The van der Waals surface area contributed by atoms with E-state index >= 15 is 0 Å². The lowest BCUT2D eigenvalue weighted by Crippen LogP contribution is -2.41. The second-order valence-corrected chi connectivity index (χ2v) is 7.06. The molecule has 120 valence electrons. The zero-order valence-corrected chi connectivity index (χ0v) is 13.5. The summed E-state index contributed by atoms with van der Waals surface area (Å²) in [5.41, 5.74) is 1.24. The molecule has 3 nitrogen and oxygen atoms in total. The van der Waals surface area contributed by atoms with E-state index in [9.17, 15) is 8.78 Å². The molecule has 1 fully saturated rings. The van der Waals surface area contributed by atoms with Gasteiger partial charge in [-0.2, -0.15) is 0 Å². The Morgan fingerprint density at radius 2 is 1.77 bits per heavy atom. The summed E-state index contributed by atoms with van der Waals surface area (Å²) < 4.78 is 38.9. The Balaban J connectivity index is 2.03. The fourth-order valence-corrected chi connectivity index (χ4v) is 2.92.